The van der Waals surface area contributed by atoms with E-state index >= 15 is 0 Å². The zero-order chi connectivity index (χ0) is 19.8. The number of nitrogens with zero attached hydrogens (tertiary/aromatic N) is 2. The van der Waals surface area contributed by atoms with Gasteiger partial charge >= 0.3 is 0 Å². The standard InChI is InChI=1S/C22H16FN3O2/c23-20-8-6-18(7-9-20)21(27)10-5-16-1-3-17(4-2-16)15-25-26-22(28)19-11-13-24-14-12-19/h1-15H,(H,26,28)/b10-5+,25-15+. The Morgan fingerprint density at radius 2 is 1.50 bits per heavy atom. The van der Waals surface area contributed by atoms with Crippen LogP contribution in [0.5, 0.6) is 0 Å². The van der Waals surface area contributed by atoms with Gasteiger partial charge in [0.05, 0.1) is 6.21 Å². The van der Waals surface area contributed by atoms with E-state index in [1.165, 1.54) is 48.9 Å². The van der Waals surface area contributed by atoms with E-state index in [0.717, 1.165) is 11.1 Å². The Bertz CT molecular complexity index is 1010. The molecular formula is C22H16FN3O2. The van der Waals surface area contributed by atoms with Gasteiger partial charge in [0.25, 0.3) is 5.91 Å². The molecule has 0 aliphatic rings. The van der Waals surface area contributed by atoms with Crippen LogP contribution in [0.25, 0.3) is 6.08 Å². The van der Waals surface area contributed by atoms with Crippen LogP contribution in [0, 0.1) is 5.82 Å². The number of nitrogens with one attached hydrogen (secondary N) is 1. The summed E-state index contributed by atoms with van der Waals surface area (Å²) in [5.74, 6) is -0.906. The molecule has 1 aromatic heterocycles. The number of aromatic nitrogens is 1. The summed E-state index contributed by atoms with van der Waals surface area (Å²) in [5, 5.41) is 3.92. The first kappa shape index (κ1) is 18.8. The number of hydrogen-bond donors (Lipinski definition) is 1. The van der Waals surface area contributed by atoms with E-state index in [9.17, 15) is 14.0 Å². The van der Waals surface area contributed by atoms with Gasteiger partial charge < -0.3 is 0 Å². The molecule has 0 bridgehead atoms. The van der Waals surface area contributed by atoms with Crippen molar-refractivity contribution in [2.24, 2.45) is 5.10 Å². The van der Waals surface area contributed by atoms with Crippen molar-refractivity contribution in [1.82, 2.24) is 10.4 Å². The predicted octanol–water partition coefficient (Wildman–Crippen LogP) is 3.88. The summed E-state index contributed by atoms with van der Waals surface area (Å²) >= 11 is 0. The van der Waals surface area contributed by atoms with E-state index in [-0.39, 0.29) is 17.5 Å². The Hall–Kier alpha value is -3.93. The van der Waals surface area contributed by atoms with E-state index in [2.05, 4.69) is 15.5 Å². The number of rotatable bonds is 6. The van der Waals surface area contributed by atoms with Crippen molar-refractivity contribution in [3.8, 4) is 0 Å². The van der Waals surface area contributed by atoms with Gasteiger partial charge in [-0.3, -0.25) is 14.6 Å². The van der Waals surface area contributed by atoms with Crippen LogP contribution in [-0.4, -0.2) is 22.9 Å². The lowest BCUT2D eigenvalue weighted by atomic mass is 10.1. The highest BCUT2D eigenvalue weighted by Gasteiger charge is 2.02. The molecule has 28 heavy (non-hydrogen) atoms. The van der Waals surface area contributed by atoms with Gasteiger partial charge in [0.15, 0.2) is 5.78 Å². The zero-order valence-corrected chi connectivity index (χ0v) is 14.7. The maximum Gasteiger partial charge on any atom is 0.271 e. The molecule has 0 saturated carbocycles. The lowest BCUT2D eigenvalue weighted by Gasteiger charge is -1.99. The third kappa shape index (κ3) is 5.28. The molecule has 1 heterocycles. The van der Waals surface area contributed by atoms with Gasteiger partial charge in [-0.25, -0.2) is 9.82 Å². The number of halogens is 1. The summed E-state index contributed by atoms with van der Waals surface area (Å²) in [6.07, 6.45) is 7.71. The lowest BCUT2D eigenvalue weighted by Crippen LogP contribution is -2.17. The molecule has 0 unspecified atom stereocenters. The average molecular weight is 373 g/mol. The highest BCUT2D eigenvalue weighted by atomic mass is 19.1. The van der Waals surface area contributed by atoms with Crippen LogP contribution in [0.15, 0.2) is 84.2 Å². The van der Waals surface area contributed by atoms with E-state index < -0.39 is 0 Å². The van der Waals surface area contributed by atoms with Crippen LogP contribution in [0.2, 0.25) is 0 Å². The minimum atomic E-state index is -0.380. The summed E-state index contributed by atoms with van der Waals surface area (Å²) in [5.41, 5.74) is 4.95. The fourth-order valence-corrected chi connectivity index (χ4v) is 2.31. The van der Waals surface area contributed by atoms with Crippen LogP contribution >= 0.6 is 0 Å². The molecule has 6 heteroatoms. The fourth-order valence-electron chi connectivity index (χ4n) is 2.31. The maximum atomic E-state index is 12.9. The maximum absolute atomic E-state index is 12.9. The first-order chi connectivity index (χ1) is 13.6. The minimum Gasteiger partial charge on any atom is -0.289 e. The molecule has 0 saturated heterocycles. The van der Waals surface area contributed by atoms with Gasteiger partial charge in [-0.1, -0.05) is 30.3 Å². The second-order valence-corrected chi connectivity index (χ2v) is 5.81. The number of hydrogen-bond acceptors (Lipinski definition) is 4. The summed E-state index contributed by atoms with van der Waals surface area (Å²) in [6, 6.07) is 15.8. The number of carbonyl (C=O) groups is 2. The van der Waals surface area contributed by atoms with Crippen LogP contribution in [0.1, 0.15) is 31.8 Å². The van der Waals surface area contributed by atoms with Crippen LogP contribution in [0.4, 0.5) is 4.39 Å². The van der Waals surface area contributed by atoms with Gasteiger partial charge in [0.1, 0.15) is 5.82 Å². The molecule has 0 spiro atoms. The van der Waals surface area contributed by atoms with Crippen molar-refractivity contribution in [3.05, 3.63) is 107 Å². The Morgan fingerprint density at radius 1 is 0.857 bits per heavy atom. The number of amides is 1. The number of allylic oxidation sites excluding steroid dienone is 1. The van der Waals surface area contributed by atoms with Gasteiger partial charge in [-0.15, -0.1) is 0 Å². The number of ketones is 1. The molecule has 138 valence electrons. The molecule has 0 radical (unpaired) electrons. The topological polar surface area (TPSA) is 71.4 Å². The normalized spacial score (nSPS) is 11.0. The average Bonchev–Trinajstić information content (AvgIpc) is 2.74. The predicted molar refractivity (Wildman–Crippen MR) is 106 cm³/mol. The van der Waals surface area contributed by atoms with Crippen molar-refractivity contribution in [3.63, 3.8) is 0 Å². The Balaban J connectivity index is 1.56. The fraction of sp³-hybridized carbons (Fsp3) is 0. The minimum absolute atomic E-state index is 0.204. The van der Waals surface area contributed by atoms with Gasteiger partial charge in [0, 0.05) is 23.5 Å². The van der Waals surface area contributed by atoms with Crippen molar-refractivity contribution >= 4 is 24.0 Å². The molecule has 0 aliphatic heterocycles. The van der Waals surface area contributed by atoms with Gasteiger partial charge in [-0.2, -0.15) is 5.10 Å². The first-order valence-corrected chi connectivity index (χ1v) is 8.43. The lowest BCUT2D eigenvalue weighted by molar-refractivity contribution is 0.0954. The number of pyridine rings is 1. The zero-order valence-electron chi connectivity index (χ0n) is 14.7. The second kappa shape index (κ2) is 9.14. The van der Waals surface area contributed by atoms with Crippen LogP contribution in [0.3, 0.4) is 0 Å². The number of carbonyl (C=O) groups excluding carboxylic acids is 2. The molecule has 1 amide bonds. The molecule has 0 aliphatic carbocycles. The summed E-state index contributed by atoms with van der Waals surface area (Å²) in [7, 11) is 0. The third-order valence-corrected chi connectivity index (χ3v) is 3.81. The molecule has 0 atom stereocenters. The van der Waals surface area contributed by atoms with E-state index in [1.807, 2.05) is 24.3 Å². The molecule has 3 rings (SSSR count). The van der Waals surface area contributed by atoms with Crippen molar-refractivity contribution in [2.75, 3.05) is 0 Å². The molecular weight excluding hydrogens is 357 g/mol. The molecule has 3 aromatic rings. The van der Waals surface area contributed by atoms with Gasteiger partial charge in [-0.05, 0) is 53.6 Å². The van der Waals surface area contributed by atoms with Crippen molar-refractivity contribution in [2.45, 2.75) is 0 Å². The summed E-state index contributed by atoms with van der Waals surface area (Å²) < 4.78 is 12.9. The first-order valence-electron chi connectivity index (χ1n) is 8.43. The van der Waals surface area contributed by atoms with E-state index in [4.69, 9.17) is 0 Å². The molecule has 5 nitrogen and oxygen atoms in total. The van der Waals surface area contributed by atoms with Crippen molar-refractivity contribution < 1.29 is 14.0 Å². The largest absolute Gasteiger partial charge is 0.289 e. The summed E-state index contributed by atoms with van der Waals surface area (Å²) in [4.78, 5) is 27.8. The Morgan fingerprint density at radius 3 is 2.18 bits per heavy atom. The second-order valence-electron chi connectivity index (χ2n) is 5.81. The quantitative estimate of drug-likeness (QED) is 0.308. The monoisotopic (exact) mass is 373 g/mol. The highest BCUT2D eigenvalue weighted by Crippen LogP contribution is 2.08. The molecule has 2 aromatic carbocycles. The van der Waals surface area contributed by atoms with Gasteiger partial charge in [0.2, 0.25) is 0 Å². The van der Waals surface area contributed by atoms with Crippen LogP contribution < -0.4 is 5.43 Å². The Labute approximate surface area is 161 Å². The van der Waals surface area contributed by atoms with Crippen molar-refractivity contribution in [1.29, 1.82) is 0 Å². The number of benzene rings is 2. The van der Waals surface area contributed by atoms with E-state index in [0.29, 0.717) is 11.1 Å². The molecule has 0 fully saturated rings. The SMILES string of the molecule is O=C(/C=C/c1ccc(/C=N/NC(=O)c2ccncc2)cc1)c1ccc(F)cc1. The smallest absolute Gasteiger partial charge is 0.271 e. The number of hydrazone groups is 1. The Kier molecular flexibility index (Phi) is 6.15. The highest BCUT2D eigenvalue weighted by molar-refractivity contribution is 6.06. The van der Waals surface area contributed by atoms with Crippen LogP contribution in [-0.2, 0) is 0 Å². The summed E-state index contributed by atoms with van der Waals surface area (Å²) in [6.45, 7) is 0. The third-order valence-electron chi connectivity index (χ3n) is 3.81. The molecule has 1 N–H and O–H groups in total. The van der Waals surface area contributed by atoms with E-state index in [1.54, 1.807) is 18.2 Å².